The molecular formula is C31H28F2N10O2. The zero-order chi connectivity index (χ0) is 31.1. The van der Waals surface area contributed by atoms with E-state index in [4.69, 9.17) is 9.94 Å². The number of anilines is 1. The molecule has 1 saturated heterocycles. The van der Waals surface area contributed by atoms with Gasteiger partial charge < -0.3 is 5.32 Å². The minimum Gasteiger partial charge on any atom is -0.331 e. The second kappa shape index (κ2) is 11.6. The summed E-state index contributed by atoms with van der Waals surface area (Å²) >= 11 is 0. The van der Waals surface area contributed by atoms with Crippen LogP contribution in [0.15, 0.2) is 79.4 Å². The van der Waals surface area contributed by atoms with Crippen LogP contribution in [0.2, 0.25) is 0 Å². The summed E-state index contributed by atoms with van der Waals surface area (Å²) < 4.78 is 31.3. The Bertz CT molecular complexity index is 1990. The van der Waals surface area contributed by atoms with Gasteiger partial charge in [0.2, 0.25) is 0 Å². The molecule has 0 radical (unpaired) electrons. The van der Waals surface area contributed by atoms with Gasteiger partial charge in [0.25, 0.3) is 0 Å². The fraction of sp³-hybridized carbons (Fsp3) is 0.194. The van der Waals surface area contributed by atoms with Crippen molar-refractivity contribution in [1.29, 1.82) is 0 Å². The number of aromatic amines is 1. The van der Waals surface area contributed by atoms with Crippen molar-refractivity contribution in [1.82, 2.24) is 45.1 Å². The average molecular weight is 611 g/mol. The molecule has 14 heteroatoms. The van der Waals surface area contributed by atoms with Crippen molar-refractivity contribution in [2.24, 2.45) is 7.05 Å². The smallest absolute Gasteiger partial charge is 0.320 e. The second-order valence-electron chi connectivity index (χ2n) is 10.8. The number of urea groups is 1. The molecule has 1 aliphatic rings. The van der Waals surface area contributed by atoms with Crippen LogP contribution in [-0.2, 0) is 18.4 Å². The SMILES string of the molecule is Cc1c(-c2cnc3c(cnn3C)c2)nn(-c2ccccc2)c1NC(=O)N[C@@H]1CN(Cc2cn[nH]c2)O[C@H]1c1ccc(F)c(F)c1. The van der Waals surface area contributed by atoms with Gasteiger partial charge in [-0.3, -0.25) is 19.9 Å². The van der Waals surface area contributed by atoms with E-state index in [0.29, 0.717) is 23.6 Å². The zero-order valence-electron chi connectivity index (χ0n) is 24.3. The molecule has 2 aromatic carbocycles. The molecule has 0 saturated carbocycles. The van der Waals surface area contributed by atoms with Gasteiger partial charge in [-0.1, -0.05) is 24.3 Å². The summed E-state index contributed by atoms with van der Waals surface area (Å²) in [5, 5.41) is 24.3. The van der Waals surface area contributed by atoms with Crippen LogP contribution < -0.4 is 10.6 Å². The number of nitrogens with zero attached hydrogens (tertiary/aromatic N) is 7. The Morgan fingerprint density at radius 1 is 1.09 bits per heavy atom. The van der Waals surface area contributed by atoms with Gasteiger partial charge in [-0.2, -0.15) is 20.4 Å². The third kappa shape index (κ3) is 5.52. The number of carbonyl (C=O) groups excluding carboxylic acids is 1. The average Bonchev–Trinajstić information content (AvgIpc) is 3.84. The fourth-order valence-electron chi connectivity index (χ4n) is 5.52. The summed E-state index contributed by atoms with van der Waals surface area (Å²) in [5.41, 5.74) is 4.87. The first-order valence-electron chi connectivity index (χ1n) is 14.2. The van der Waals surface area contributed by atoms with E-state index in [1.165, 1.54) is 6.07 Å². The van der Waals surface area contributed by atoms with Gasteiger partial charge in [0.1, 0.15) is 11.9 Å². The van der Waals surface area contributed by atoms with Crippen molar-refractivity contribution in [2.75, 3.05) is 11.9 Å². The highest BCUT2D eigenvalue weighted by atomic mass is 19.2. The number of halogens is 2. The summed E-state index contributed by atoms with van der Waals surface area (Å²) in [7, 11) is 1.83. The molecule has 0 bridgehead atoms. The lowest BCUT2D eigenvalue weighted by molar-refractivity contribution is -0.155. The predicted octanol–water partition coefficient (Wildman–Crippen LogP) is 4.81. The Hall–Kier alpha value is -5.47. The highest BCUT2D eigenvalue weighted by molar-refractivity contribution is 5.91. The van der Waals surface area contributed by atoms with E-state index in [2.05, 4.69) is 30.9 Å². The van der Waals surface area contributed by atoms with E-state index in [9.17, 15) is 13.6 Å². The molecular weight excluding hydrogens is 582 g/mol. The van der Waals surface area contributed by atoms with Crippen molar-refractivity contribution in [3.8, 4) is 16.9 Å². The number of para-hydroxylation sites is 1. The van der Waals surface area contributed by atoms with Crippen LogP contribution in [-0.4, -0.2) is 58.4 Å². The minimum absolute atomic E-state index is 0.279. The van der Waals surface area contributed by atoms with Crippen LogP contribution in [0.25, 0.3) is 28.0 Å². The molecule has 6 aromatic rings. The van der Waals surface area contributed by atoms with Gasteiger partial charge in [-0.05, 0) is 42.8 Å². The molecule has 7 rings (SSSR count). The first-order chi connectivity index (χ1) is 21.8. The molecule has 2 atom stereocenters. The largest absolute Gasteiger partial charge is 0.331 e. The molecule has 45 heavy (non-hydrogen) atoms. The fourth-order valence-corrected chi connectivity index (χ4v) is 5.52. The maximum absolute atomic E-state index is 14.2. The molecule has 5 heterocycles. The molecule has 0 spiro atoms. The summed E-state index contributed by atoms with van der Waals surface area (Å²) in [5.74, 6) is -1.51. The van der Waals surface area contributed by atoms with E-state index in [-0.39, 0.29) is 6.54 Å². The first kappa shape index (κ1) is 28.3. The number of rotatable bonds is 7. The van der Waals surface area contributed by atoms with E-state index in [1.54, 1.807) is 39.2 Å². The van der Waals surface area contributed by atoms with Crippen LogP contribution in [0.3, 0.4) is 0 Å². The molecule has 1 fully saturated rings. The maximum Gasteiger partial charge on any atom is 0.320 e. The maximum atomic E-state index is 14.2. The Morgan fingerprint density at radius 3 is 2.71 bits per heavy atom. The molecule has 4 aromatic heterocycles. The Morgan fingerprint density at radius 2 is 1.93 bits per heavy atom. The Kier molecular flexibility index (Phi) is 7.27. The second-order valence-corrected chi connectivity index (χ2v) is 10.8. The van der Waals surface area contributed by atoms with Gasteiger partial charge >= 0.3 is 6.03 Å². The lowest BCUT2D eigenvalue weighted by Crippen LogP contribution is -2.42. The van der Waals surface area contributed by atoms with Crippen molar-refractivity contribution < 1.29 is 18.4 Å². The number of hydrogen-bond acceptors (Lipinski definition) is 7. The van der Waals surface area contributed by atoms with Gasteiger partial charge in [-0.15, -0.1) is 0 Å². The molecule has 2 amide bonds. The predicted molar refractivity (Wildman–Crippen MR) is 161 cm³/mol. The van der Waals surface area contributed by atoms with Gasteiger partial charge in [0, 0.05) is 48.1 Å². The number of nitrogens with one attached hydrogen (secondary N) is 3. The monoisotopic (exact) mass is 610 g/mol. The highest BCUT2D eigenvalue weighted by Crippen LogP contribution is 2.33. The van der Waals surface area contributed by atoms with Crippen molar-refractivity contribution >= 4 is 22.9 Å². The number of H-pyrrole nitrogens is 1. The number of hydroxylamine groups is 2. The van der Waals surface area contributed by atoms with Crippen molar-refractivity contribution in [3.63, 3.8) is 0 Å². The number of hydrogen-bond donors (Lipinski definition) is 3. The van der Waals surface area contributed by atoms with Crippen LogP contribution in [0.5, 0.6) is 0 Å². The van der Waals surface area contributed by atoms with E-state index in [0.717, 1.165) is 45.5 Å². The van der Waals surface area contributed by atoms with Gasteiger partial charge in [-0.25, -0.2) is 23.2 Å². The highest BCUT2D eigenvalue weighted by Gasteiger charge is 2.37. The summed E-state index contributed by atoms with van der Waals surface area (Å²) in [6, 6.07) is 13.9. The Labute approximate surface area is 255 Å². The number of fused-ring (bicyclic) bond motifs is 1. The van der Waals surface area contributed by atoms with E-state index in [1.807, 2.05) is 50.4 Å². The van der Waals surface area contributed by atoms with Crippen molar-refractivity contribution in [2.45, 2.75) is 25.6 Å². The van der Waals surface area contributed by atoms with E-state index >= 15 is 0 Å². The summed E-state index contributed by atoms with van der Waals surface area (Å²) in [6.45, 7) is 2.52. The number of pyridine rings is 1. The first-order valence-corrected chi connectivity index (χ1v) is 14.2. The standard InChI is InChI=1S/C31H28F2N10O2/c1-18-27(21-10-22-15-37-41(2)30(22)34-14-21)40-43(23-6-4-3-5-7-23)29(18)39-31(44)38-26-17-42(16-19-12-35-36-13-19)45-28(26)20-8-9-24(32)25(33)11-20/h3-15,26,28H,16-17H2,1-2H3,(H,35,36)(H2,38,39,44)/t26-,28+/m1/s1. The van der Waals surface area contributed by atoms with Crippen molar-refractivity contribution in [3.05, 3.63) is 108 Å². The third-order valence-electron chi connectivity index (χ3n) is 7.73. The molecule has 228 valence electrons. The molecule has 1 aliphatic heterocycles. The minimum atomic E-state index is -0.999. The normalized spacial score (nSPS) is 16.8. The number of aromatic nitrogens is 7. The summed E-state index contributed by atoms with van der Waals surface area (Å²) in [6.07, 6.45) is 6.10. The third-order valence-corrected chi connectivity index (χ3v) is 7.73. The van der Waals surface area contributed by atoms with Crippen LogP contribution in [0.4, 0.5) is 19.4 Å². The van der Waals surface area contributed by atoms with Crippen LogP contribution in [0, 0.1) is 18.6 Å². The molecule has 12 nitrogen and oxygen atoms in total. The number of benzene rings is 2. The number of amides is 2. The number of aryl methyl sites for hydroxylation is 1. The van der Waals surface area contributed by atoms with Crippen LogP contribution in [0.1, 0.15) is 22.8 Å². The quantitative estimate of drug-likeness (QED) is 0.237. The lowest BCUT2D eigenvalue weighted by atomic mass is 10.0. The topological polar surface area (TPSA) is 131 Å². The number of carbonyl (C=O) groups is 1. The molecule has 0 aliphatic carbocycles. The van der Waals surface area contributed by atoms with E-state index < -0.39 is 29.8 Å². The molecule has 3 N–H and O–H groups in total. The molecule has 0 unspecified atom stereocenters. The Balaban J connectivity index is 1.19. The van der Waals surface area contributed by atoms with Gasteiger partial charge in [0.05, 0.1) is 36.4 Å². The van der Waals surface area contributed by atoms with Gasteiger partial charge in [0.15, 0.2) is 17.3 Å². The lowest BCUT2D eigenvalue weighted by Gasteiger charge is -2.20. The zero-order valence-corrected chi connectivity index (χ0v) is 24.3. The summed E-state index contributed by atoms with van der Waals surface area (Å²) in [4.78, 5) is 24.3. The van der Waals surface area contributed by atoms with Crippen LogP contribution >= 0.6 is 0 Å².